The molecular formula is C2H6AsCl. The molecule has 0 aromatic rings. The van der Waals surface area contributed by atoms with Gasteiger partial charge in [-0.15, -0.1) is 0 Å². The Hall–Kier alpha value is 0.848. The van der Waals surface area contributed by atoms with Crippen LogP contribution in [0.1, 0.15) is 0 Å². The van der Waals surface area contributed by atoms with Gasteiger partial charge >= 0.3 is 39.5 Å². The Morgan fingerprint density at radius 2 is 2.00 bits per heavy atom. The van der Waals surface area contributed by atoms with Crippen molar-refractivity contribution in [1.82, 2.24) is 0 Å². The molecule has 4 heavy (non-hydrogen) atoms. The van der Waals surface area contributed by atoms with Crippen molar-refractivity contribution in [3.05, 3.63) is 0 Å². The molecule has 0 radical (unpaired) electrons. The summed E-state index contributed by atoms with van der Waals surface area (Å²) in [5.74, 6) is 0.819. The Bertz CT molecular complexity index is 8.00. The number of rotatable bonds is 1. The van der Waals surface area contributed by atoms with Crippen molar-refractivity contribution in [2.24, 2.45) is 0 Å². The van der Waals surface area contributed by atoms with Crippen molar-refractivity contribution in [3.8, 4) is 0 Å². The Balaban J connectivity index is 1.97. The van der Waals surface area contributed by atoms with E-state index in [4.69, 9.17) is 11.6 Å². The third kappa shape index (κ3) is 2.85. The van der Waals surface area contributed by atoms with Gasteiger partial charge in [-0.2, -0.15) is 0 Å². The van der Waals surface area contributed by atoms with Crippen molar-refractivity contribution >= 4 is 28.5 Å². The molecule has 0 aliphatic heterocycles. The number of hydrogen-bond donors (Lipinski definition) is 0. The van der Waals surface area contributed by atoms with E-state index in [1.165, 1.54) is 0 Å². The van der Waals surface area contributed by atoms with Crippen LogP contribution in [0.2, 0.25) is 5.21 Å². The van der Waals surface area contributed by atoms with E-state index >= 15 is 0 Å². The van der Waals surface area contributed by atoms with Gasteiger partial charge in [0, 0.05) is 0 Å². The summed E-state index contributed by atoms with van der Waals surface area (Å²) < 4.78 is 0. The minimum atomic E-state index is 0.819. The number of halogens is 1. The summed E-state index contributed by atoms with van der Waals surface area (Å²) >= 11 is 6.89. The number of alkyl halides is 1. The molecule has 0 fully saturated rings. The van der Waals surface area contributed by atoms with Gasteiger partial charge in [0.15, 0.2) is 0 Å². The first-order valence-corrected chi connectivity index (χ1v) is 3.42. The van der Waals surface area contributed by atoms with Crippen LogP contribution in [0.5, 0.6) is 0 Å². The molecule has 1 atom stereocenters. The normalized spacial score (nSPS) is 7.50. The van der Waals surface area contributed by atoms with Crippen LogP contribution in [0.3, 0.4) is 0 Å². The third-order valence-electron chi connectivity index (χ3n) is 0.109. The fraction of sp³-hybridized carbons (Fsp3) is 1.00. The minimum absolute atomic E-state index is 0.819. The average molecular weight is 140 g/mol. The predicted octanol–water partition coefficient (Wildman–Crippen LogP) is 0.277. The van der Waals surface area contributed by atoms with Crippen LogP contribution in [-0.4, -0.2) is 22.7 Å². The maximum atomic E-state index is 5.20. The second kappa shape index (κ2) is 3.85. The van der Waals surface area contributed by atoms with Crippen LogP contribution in [-0.2, 0) is 0 Å². The van der Waals surface area contributed by atoms with Crippen molar-refractivity contribution < 1.29 is 0 Å². The van der Waals surface area contributed by atoms with Gasteiger partial charge in [0.25, 0.3) is 0 Å². The van der Waals surface area contributed by atoms with Crippen LogP contribution >= 0.6 is 11.6 Å². The van der Waals surface area contributed by atoms with Gasteiger partial charge in [0.05, 0.1) is 0 Å². The summed E-state index contributed by atoms with van der Waals surface area (Å²) in [6.45, 7) is 0. The Morgan fingerprint density at radius 3 is 2.00 bits per heavy atom. The molecule has 0 rings (SSSR count). The first-order valence-electron chi connectivity index (χ1n) is 1.18. The first kappa shape index (κ1) is 4.85. The summed E-state index contributed by atoms with van der Waals surface area (Å²) in [7, 11) is 0. The Kier molecular flexibility index (Phi) is 4.66. The molecule has 0 heterocycles. The van der Waals surface area contributed by atoms with Crippen molar-refractivity contribution in [1.29, 1.82) is 0 Å². The molecule has 0 spiro atoms. The van der Waals surface area contributed by atoms with Crippen LogP contribution < -0.4 is 0 Å². The first-order chi connectivity index (χ1) is 1.91. The standard InChI is InChI=1S/C2H6AsCl/c3-1-2-4/h1-3H2. The summed E-state index contributed by atoms with van der Waals surface area (Å²) in [5, 5.41) is 1.15. The van der Waals surface area contributed by atoms with Crippen LogP contribution in [0.4, 0.5) is 0 Å². The van der Waals surface area contributed by atoms with E-state index in [0.29, 0.717) is 0 Å². The van der Waals surface area contributed by atoms with E-state index in [2.05, 4.69) is 0 Å². The van der Waals surface area contributed by atoms with Crippen molar-refractivity contribution in [3.63, 3.8) is 0 Å². The zero-order chi connectivity index (χ0) is 3.41. The van der Waals surface area contributed by atoms with E-state index in [1.54, 1.807) is 16.9 Å². The van der Waals surface area contributed by atoms with E-state index in [1.807, 2.05) is 0 Å². The summed E-state index contributed by atoms with van der Waals surface area (Å²) in [5.41, 5.74) is 0. The molecule has 0 N–H and O–H groups in total. The Labute approximate surface area is 40.0 Å². The molecule has 0 aromatic carbocycles. The molecule has 26 valence electrons. The maximum absolute atomic E-state index is 5.20. The molecule has 2 heteroatoms. The van der Waals surface area contributed by atoms with Gasteiger partial charge in [-0.05, 0) is 0 Å². The molecule has 0 aliphatic rings. The van der Waals surface area contributed by atoms with Gasteiger partial charge in [-0.25, -0.2) is 0 Å². The van der Waals surface area contributed by atoms with E-state index in [9.17, 15) is 0 Å². The van der Waals surface area contributed by atoms with Crippen molar-refractivity contribution in [2.45, 2.75) is 5.21 Å². The molecule has 0 aliphatic carbocycles. The molecular weight excluding hydrogens is 134 g/mol. The zero-order valence-corrected chi connectivity index (χ0v) is 5.55. The van der Waals surface area contributed by atoms with Crippen LogP contribution in [0.15, 0.2) is 0 Å². The molecule has 0 bridgehead atoms. The van der Waals surface area contributed by atoms with Gasteiger partial charge in [-0.3, -0.25) is 0 Å². The van der Waals surface area contributed by atoms with Gasteiger partial charge in [0.1, 0.15) is 0 Å². The Morgan fingerprint density at radius 1 is 1.75 bits per heavy atom. The summed E-state index contributed by atoms with van der Waals surface area (Å²) in [6.07, 6.45) is 0. The topological polar surface area (TPSA) is 0 Å². The monoisotopic (exact) mass is 140 g/mol. The van der Waals surface area contributed by atoms with E-state index in [0.717, 1.165) is 11.1 Å². The van der Waals surface area contributed by atoms with Crippen LogP contribution in [0.25, 0.3) is 0 Å². The summed E-state index contributed by atoms with van der Waals surface area (Å²) in [4.78, 5) is 0. The summed E-state index contributed by atoms with van der Waals surface area (Å²) in [6, 6.07) is 0. The zero-order valence-electron chi connectivity index (χ0n) is 2.37. The molecule has 0 saturated heterocycles. The fourth-order valence-electron chi connectivity index (χ4n) is 0. The molecule has 0 aromatic heterocycles. The SMILES string of the molecule is ClCC[AsH2]. The predicted molar refractivity (Wildman–Crippen MR) is 24.1 cm³/mol. The molecule has 0 saturated carbocycles. The molecule has 1 unspecified atom stereocenters. The van der Waals surface area contributed by atoms with Crippen LogP contribution in [0, 0.1) is 0 Å². The van der Waals surface area contributed by atoms with E-state index < -0.39 is 0 Å². The third-order valence-corrected chi connectivity index (χ3v) is 1.70. The quantitative estimate of drug-likeness (QED) is 0.362. The molecule has 0 amide bonds. The second-order valence-corrected chi connectivity index (χ2v) is 2.07. The second-order valence-electron chi connectivity index (χ2n) is 0.478. The van der Waals surface area contributed by atoms with Gasteiger partial charge in [0.2, 0.25) is 0 Å². The van der Waals surface area contributed by atoms with Gasteiger partial charge < -0.3 is 0 Å². The fourth-order valence-corrected chi connectivity index (χ4v) is 0. The number of hydrogen-bond acceptors (Lipinski definition) is 0. The average Bonchev–Trinajstić information content (AvgIpc) is 1.37. The van der Waals surface area contributed by atoms with Gasteiger partial charge in [-0.1, -0.05) is 0 Å². The van der Waals surface area contributed by atoms with Crippen molar-refractivity contribution in [2.75, 3.05) is 5.88 Å². The molecule has 0 nitrogen and oxygen atoms in total. The van der Waals surface area contributed by atoms with E-state index in [-0.39, 0.29) is 0 Å².